The fraction of sp³-hybridized carbons (Fsp3) is 0.500. The highest BCUT2D eigenvalue weighted by Gasteiger charge is 2.07. The first-order valence-electron chi connectivity index (χ1n) is 3.37. The molecule has 9 heavy (non-hydrogen) atoms. The molecule has 1 aliphatic heterocycles. The Labute approximate surface area is 56.5 Å². The van der Waals surface area contributed by atoms with Gasteiger partial charge in [-0.2, -0.15) is 0 Å². The van der Waals surface area contributed by atoms with Gasteiger partial charge in [0.25, 0.3) is 0 Å². The molecule has 0 amide bonds. The van der Waals surface area contributed by atoms with Crippen LogP contribution < -0.4 is 5.32 Å². The van der Waals surface area contributed by atoms with Crippen LogP contribution in [-0.2, 0) is 0 Å². The first kappa shape index (κ1) is 6.56. The summed E-state index contributed by atoms with van der Waals surface area (Å²) >= 11 is 0. The van der Waals surface area contributed by atoms with Gasteiger partial charge in [0.2, 0.25) is 0 Å². The zero-order valence-corrected chi connectivity index (χ0v) is 5.85. The second-order valence-electron chi connectivity index (χ2n) is 2.49. The maximum absolute atomic E-state index is 3.68. The molecule has 0 spiro atoms. The summed E-state index contributed by atoms with van der Waals surface area (Å²) in [4.78, 5) is 0. The molecule has 0 aromatic rings. The Morgan fingerprint density at radius 1 is 2.00 bits per heavy atom. The number of allylic oxidation sites excluding steroid dienone is 1. The van der Waals surface area contributed by atoms with Gasteiger partial charge in [-0.25, -0.2) is 0 Å². The van der Waals surface area contributed by atoms with E-state index in [0.717, 1.165) is 13.0 Å². The molecule has 50 valence electrons. The Morgan fingerprint density at radius 3 is 3.22 bits per heavy atom. The molecule has 0 unspecified atom stereocenters. The molecule has 0 saturated carbocycles. The third-order valence-electron chi connectivity index (χ3n) is 1.54. The predicted molar refractivity (Wildman–Crippen MR) is 40.4 cm³/mol. The Bertz CT molecular complexity index is 136. The van der Waals surface area contributed by atoms with Crippen molar-refractivity contribution in [2.24, 2.45) is 0 Å². The lowest BCUT2D eigenvalue weighted by molar-refractivity contribution is 0.719. The minimum atomic E-state index is 0.569. The topological polar surface area (TPSA) is 12.0 Å². The summed E-state index contributed by atoms with van der Waals surface area (Å²) in [7, 11) is 0. The van der Waals surface area contributed by atoms with E-state index >= 15 is 0 Å². The summed E-state index contributed by atoms with van der Waals surface area (Å²) in [5, 5.41) is 3.31. The molecule has 1 rings (SSSR count). The van der Waals surface area contributed by atoms with Crippen molar-refractivity contribution in [2.75, 3.05) is 6.54 Å². The third-order valence-corrected chi connectivity index (χ3v) is 1.54. The highest BCUT2D eigenvalue weighted by Crippen LogP contribution is 2.08. The quantitative estimate of drug-likeness (QED) is 0.548. The number of hydrogen-bond acceptors (Lipinski definition) is 1. The van der Waals surface area contributed by atoms with Gasteiger partial charge in [-0.3, -0.25) is 0 Å². The molecule has 1 nitrogen and oxygen atoms in total. The number of rotatable bonds is 2. The van der Waals surface area contributed by atoms with Crippen molar-refractivity contribution in [3.05, 3.63) is 24.3 Å². The van der Waals surface area contributed by atoms with E-state index in [2.05, 4.69) is 24.9 Å². The fourth-order valence-electron chi connectivity index (χ4n) is 1.09. The van der Waals surface area contributed by atoms with Gasteiger partial charge >= 0.3 is 0 Å². The van der Waals surface area contributed by atoms with E-state index in [0.29, 0.717) is 6.04 Å². The smallest absolute Gasteiger partial charge is 0.0227 e. The zero-order valence-electron chi connectivity index (χ0n) is 5.85. The SMILES string of the molecule is C=CCC1=C[C@@H](C)NC1. The van der Waals surface area contributed by atoms with Crippen LogP contribution >= 0.6 is 0 Å². The van der Waals surface area contributed by atoms with Gasteiger partial charge in [0.1, 0.15) is 0 Å². The largest absolute Gasteiger partial charge is 0.307 e. The Morgan fingerprint density at radius 2 is 2.78 bits per heavy atom. The van der Waals surface area contributed by atoms with Crippen LogP contribution in [0.5, 0.6) is 0 Å². The number of hydrogen-bond donors (Lipinski definition) is 1. The summed E-state index contributed by atoms with van der Waals surface area (Å²) in [6.07, 6.45) is 5.25. The highest BCUT2D eigenvalue weighted by molar-refractivity contribution is 5.16. The van der Waals surface area contributed by atoms with Gasteiger partial charge in [-0.1, -0.05) is 17.7 Å². The molecule has 0 aliphatic carbocycles. The Kier molecular flexibility index (Phi) is 2.06. The fourth-order valence-corrected chi connectivity index (χ4v) is 1.09. The monoisotopic (exact) mass is 123 g/mol. The molecule has 0 bridgehead atoms. The first-order chi connectivity index (χ1) is 4.33. The lowest BCUT2D eigenvalue weighted by Crippen LogP contribution is -2.17. The van der Waals surface area contributed by atoms with Crippen LogP contribution in [0, 0.1) is 0 Å². The maximum atomic E-state index is 3.68. The molecule has 1 aliphatic rings. The van der Waals surface area contributed by atoms with Gasteiger partial charge in [0.15, 0.2) is 0 Å². The number of nitrogens with one attached hydrogen (secondary N) is 1. The zero-order chi connectivity index (χ0) is 6.69. The standard InChI is InChI=1S/C8H13N/c1-3-4-8-5-7(2)9-6-8/h3,5,7,9H,1,4,6H2,2H3/t7-/m1/s1. The molecular formula is C8H13N. The second-order valence-corrected chi connectivity index (χ2v) is 2.49. The van der Waals surface area contributed by atoms with Crippen molar-refractivity contribution in [3.8, 4) is 0 Å². The molecule has 0 aromatic carbocycles. The lowest BCUT2D eigenvalue weighted by Gasteiger charge is -1.95. The van der Waals surface area contributed by atoms with Gasteiger partial charge in [-0.15, -0.1) is 6.58 Å². The average molecular weight is 123 g/mol. The minimum Gasteiger partial charge on any atom is -0.307 e. The molecule has 0 saturated heterocycles. The Balaban J connectivity index is 2.41. The van der Waals surface area contributed by atoms with E-state index in [1.807, 2.05) is 6.08 Å². The van der Waals surface area contributed by atoms with Crippen molar-refractivity contribution < 1.29 is 0 Å². The minimum absolute atomic E-state index is 0.569. The summed E-state index contributed by atoms with van der Waals surface area (Å²) in [5.41, 5.74) is 1.47. The van der Waals surface area contributed by atoms with Crippen LogP contribution in [0.15, 0.2) is 24.3 Å². The molecule has 1 atom stereocenters. The summed E-state index contributed by atoms with van der Waals surface area (Å²) in [6, 6.07) is 0.569. The summed E-state index contributed by atoms with van der Waals surface area (Å²) < 4.78 is 0. The van der Waals surface area contributed by atoms with Gasteiger partial charge in [-0.05, 0) is 13.3 Å². The molecule has 1 heterocycles. The van der Waals surface area contributed by atoms with Gasteiger partial charge in [0, 0.05) is 12.6 Å². The van der Waals surface area contributed by atoms with Crippen LogP contribution in [0.2, 0.25) is 0 Å². The molecule has 1 N–H and O–H groups in total. The van der Waals surface area contributed by atoms with Crippen molar-refractivity contribution in [1.82, 2.24) is 5.32 Å². The maximum Gasteiger partial charge on any atom is 0.0227 e. The average Bonchev–Trinajstić information content (AvgIpc) is 2.17. The molecular weight excluding hydrogens is 110 g/mol. The van der Waals surface area contributed by atoms with Crippen LogP contribution in [0.1, 0.15) is 13.3 Å². The van der Waals surface area contributed by atoms with E-state index in [4.69, 9.17) is 0 Å². The van der Waals surface area contributed by atoms with Crippen LogP contribution in [0.4, 0.5) is 0 Å². The van der Waals surface area contributed by atoms with Crippen LogP contribution in [-0.4, -0.2) is 12.6 Å². The predicted octanol–water partition coefficient (Wildman–Crippen LogP) is 1.48. The molecule has 0 radical (unpaired) electrons. The van der Waals surface area contributed by atoms with Crippen molar-refractivity contribution >= 4 is 0 Å². The van der Waals surface area contributed by atoms with Crippen LogP contribution in [0.3, 0.4) is 0 Å². The normalized spacial score (nSPS) is 25.9. The summed E-state index contributed by atoms with van der Waals surface area (Å²) in [5.74, 6) is 0. The van der Waals surface area contributed by atoms with E-state index in [-0.39, 0.29) is 0 Å². The molecule has 0 aromatic heterocycles. The van der Waals surface area contributed by atoms with Gasteiger partial charge in [0.05, 0.1) is 0 Å². The lowest BCUT2D eigenvalue weighted by atomic mass is 10.2. The van der Waals surface area contributed by atoms with Gasteiger partial charge < -0.3 is 5.32 Å². The molecule has 1 heteroatoms. The van der Waals surface area contributed by atoms with Crippen molar-refractivity contribution in [3.63, 3.8) is 0 Å². The first-order valence-corrected chi connectivity index (χ1v) is 3.37. The second kappa shape index (κ2) is 2.83. The van der Waals surface area contributed by atoms with Crippen molar-refractivity contribution in [1.29, 1.82) is 0 Å². The van der Waals surface area contributed by atoms with E-state index in [9.17, 15) is 0 Å². The highest BCUT2D eigenvalue weighted by atomic mass is 14.9. The van der Waals surface area contributed by atoms with E-state index in [1.165, 1.54) is 5.57 Å². The Hall–Kier alpha value is -0.560. The molecule has 0 fully saturated rings. The third kappa shape index (κ3) is 1.68. The van der Waals surface area contributed by atoms with Crippen molar-refractivity contribution in [2.45, 2.75) is 19.4 Å². The van der Waals surface area contributed by atoms with Crippen LogP contribution in [0.25, 0.3) is 0 Å². The van der Waals surface area contributed by atoms with E-state index < -0.39 is 0 Å². The summed E-state index contributed by atoms with van der Waals surface area (Å²) in [6.45, 7) is 6.89. The van der Waals surface area contributed by atoms with E-state index in [1.54, 1.807) is 0 Å².